The molecule has 0 unspecified atom stereocenters. The first-order chi connectivity index (χ1) is 11.0. The molecule has 1 aliphatic rings. The van der Waals surface area contributed by atoms with Gasteiger partial charge in [0.2, 0.25) is 0 Å². The van der Waals surface area contributed by atoms with Gasteiger partial charge in [-0.2, -0.15) is 0 Å². The van der Waals surface area contributed by atoms with Gasteiger partial charge in [-0.25, -0.2) is 4.79 Å². The fraction of sp³-hybridized carbons (Fsp3) is 0.733. The van der Waals surface area contributed by atoms with Gasteiger partial charge in [-0.1, -0.05) is 20.8 Å². The molecule has 3 N–H and O–H groups in total. The van der Waals surface area contributed by atoms with Crippen LogP contribution in [0, 0.1) is 0 Å². The molecule has 1 aromatic heterocycles. The molecule has 1 aromatic rings. The Labute approximate surface area is 141 Å². The van der Waals surface area contributed by atoms with Gasteiger partial charge < -0.3 is 19.4 Å². The van der Waals surface area contributed by atoms with E-state index in [4.69, 9.17) is 9.16 Å². The Morgan fingerprint density at radius 3 is 2.50 bits per heavy atom. The average Bonchev–Trinajstić information content (AvgIpc) is 2.74. The number of hydrogen-bond acceptors (Lipinski definition) is 6. The van der Waals surface area contributed by atoms with E-state index in [1.54, 1.807) is 0 Å². The lowest BCUT2D eigenvalue weighted by atomic mass is 10.1. The van der Waals surface area contributed by atoms with Crippen LogP contribution in [-0.2, 0) is 9.16 Å². The first-order valence-electron chi connectivity index (χ1n) is 7.91. The van der Waals surface area contributed by atoms with Crippen LogP contribution in [0.2, 0.25) is 18.1 Å². The van der Waals surface area contributed by atoms with E-state index in [1.807, 2.05) is 13.1 Å². The zero-order chi connectivity index (χ0) is 18.3. The van der Waals surface area contributed by atoms with Crippen molar-refractivity contribution in [1.29, 1.82) is 0 Å². The highest BCUT2D eigenvalue weighted by atomic mass is 28.4. The molecule has 0 radical (unpaired) electrons. The largest absolute Gasteiger partial charge is 0.408 e. The van der Waals surface area contributed by atoms with Crippen molar-refractivity contribution < 1.29 is 19.4 Å². The van der Waals surface area contributed by atoms with Crippen LogP contribution in [0.4, 0.5) is 0 Å². The SMILES string of the molecule is CC(C)(C)[Si](C)(C)O[C@H]1[C@H](O)[C@H](n2ccc(=O)[nH]c2=O)O[C@@H]1CO. The number of nitrogens with zero attached hydrogens (tertiary/aromatic N) is 1. The minimum absolute atomic E-state index is 0.0837. The number of nitrogens with one attached hydrogen (secondary N) is 1. The molecule has 0 bridgehead atoms. The highest BCUT2D eigenvalue weighted by Crippen LogP contribution is 2.40. The van der Waals surface area contributed by atoms with Crippen LogP contribution in [0.3, 0.4) is 0 Å². The van der Waals surface area contributed by atoms with Gasteiger partial charge in [-0.3, -0.25) is 14.3 Å². The van der Waals surface area contributed by atoms with Crippen molar-refractivity contribution in [1.82, 2.24) is 9.55 Å². The third-order valence-corrected chi connectivity index (χ3v) is 9.33. The number of aliphatic hydroxyl groups is 2. The number of H-pyrrole nitrogens is 1. The van der Waals surface area contributed by atoms with E-state index in [0.29, 0.717) is 0 Å². The van der Waals surface area contributed by atoms with Crippen molar-refractivity contribution in [3.05, 3.63) is 33.1 Å². The van der Waals surface area contributed by atoms with Gasteiger partial charge in [0.25, 0.3) is 5.56 Å². The van der Waals surface area contributed by atoms with Crippen LogP contribution in [0.25, 0.3) is 0 Å². The van der Waals surface area contributed by atoms with Crippen molar-refractivity contribution >= 4 is 8.32 Å². The van der Waals surface area contributed by atoms with Crippen LogP contribution in [0.15, 0.2) is 21.9 Å². The predicted octanol–water partition coefficient (Wildman–Crippen LogP) is 0.178. The fourth-order valence-corrected chi connectivity index (χ4v) is 3.71. The summed E-state index contributed by atoms with van der Waals surface area (Å²) in [6, 6.07) is 1.17. The summed E-state index contributed by atoms with van der Waals surface area (Å²) in [5.41, 5.74) is -1.22. The smallest absolute Gasteiger partial charge is 0.330 e. The zero-order valence-corrected chi connectivity index (χ0v) is 15.6. The maximum absolute atomic E-state index is 11.9. The molecular formula is C15H26N2O6Si. The Kier molecular flexibility index (Phi) is 5.21. The van der Waals surface area contributed by atoms with Gasteiger partial charge in [0.05, 0.1) is 6.61 Å². The Balaban J connectivity index is 2.31. The summed E-state index contributed by atoms with van der Waals surface area (Å²) < 4.78 is 13.0. The molecule has 0 spiro atoms. The summed E-state index contributed by atoms with van der Waals surface area (Å²) >= 11 is 0. The van der Waals surface area contributed by atoms with Crippen LogP contribution >= 0.6 is 0 Å². The average molecular weight is 358 g/mol. The second kappa shape index (κ2) is 6.56. The van der Waals surface area contributed by atoms with Crippen LogP contribution in [0.1, 0.15) is 27.0 Å². The molecule has 2 heterocycles. The van der Waals surface area contributed by atoms with Crippen LogP contribution in [-0.4, -0.2) is 53.0 Å². The lowest BCUT2D eigenvalue weighted by Gasteiger charge is -2.39. The highest BCUT2D eigenvalue weighted by Gasteiger charge is 2.50. The Morgan fingerprint density at radius 2 is 2.00 bits per heavy atom. The molecule has 136 valence electrons. The van der Waals surface area contributed by atoms with Gasteiger partial charge >= 0.3 is 5.69 Å². The molecule has 2 rings (SSSR count). The zero-order valence-electron chi connectivity index (χ0n) is 14.6. The standard InChI is InChI=1S/C15H26N2O6Si/c1-15(2,3)24(4,5)23-12-9(8-18)22-13(11(12)20)17-7-6-10(19)16-14(17)21/h6-7,9,11-13,18,20H,8H2,1-5H3,(H,16,19,21)/t9-,11+,12-,13-/m1/s1. The second-order valence-corrected chi connectivity index (χ2v) is 12.4. The summed E-state index contributed by atoms with van der Waals surface area (Å²) in [5.74, 6) is 0. The lowest BCUT2D eigenvalue weighted by molar-refractivity contribution is -0.0547. The van der Waals surface area contributed by atoms with Crippen LogP contribution in [0.5, 0.6) is 0 Å². The van der Waals surface area contributed by atoms with Gasteiger partial charge in [0.1, 0.15) is 18.3 Å². The molecule has 1 fully saturated rings. The molecule has 1 saturated heterocycles. The van der Waals surface area contributed by atoms with E-state index in [2.05, 4.69) is 25.8 Å². The number of aromatic nitrogens is 2. The molecule has 0 saturated carbocycles. The number of aliphatic hydroxyl groups excluding tert-OH is 2. The van der Waals surface area contributed by atoms with Gasteiger partial charge in [0, 0.05) is 12.3 Å². The molecule has 4 atom stereocenters. The third-order valence-electron chi connectivity index (χ3n) is 4.85. The minimum atomic E-state index is -2.22. The van der Waals surface area contributed by atoms with E-state index in [1.165, 1.54) is 12.3 Å². The molecule has 9 heteroatoms. The highest BCUT2D eigenvalue weighted by molar-refractivity contribution is 6.74. The number of ether oxygens (including phenoxy) is 1. The van der Waals surface area contributed by atoms with Crippen LogP contribution < -0.4 is 11.2 Å². The lowest BCUT2D eigenvalue weighted by Crippen LogP contribution is -2.50. The van der Waals surface area contributed by atoms with Crippen molar-refractivity contribution in [2.45, 2.75) is 63.4 Å². The van der Waals surface area contributed by atoms with Crippen molar-refractivity contribution in [2.24, 2.45) is 0 Å². The maximum atomic E-state index is 11.9. The fourth-order valence-electron chi connectivity index (χ4n) is 2.39. The van der Waals surface area contributed by atoms with Gasteiger partial charge in [-0.15, -0.1) is 0 Å². The quantitative estimate of drug-likeness (QED) is 0.662. The topological polar surface area (TPSA) is 114 Å². The van der Waals surface area contributed by atoms with E-state index in [0.717, 1.165) is 4.57 Å². The van der Waals surface area contributed by atoms with E-state index < -0.39 is 44.1 Å². The maximum Gasteiger partial charge on any atom is 0.330 e. The summed E-state index contributed by atoms with van der Waals surface area (Å²) in [6.07, 6.45) is -2.41. The molecular weight excluding hydrogens is 332 g/mol. The summed E-state index contributed by atoms with van der Waals surface area (Å²) in [7, 11) is -2.22. The Morgan fingerprint density at radius 1 is 1.38 bits per heavy atom. The summed E-state index contributed by atoms with van der Waals surface area (Å²) in [5, 5.41) is 20.1. The molecule has 0 aromatic carbocycles. The molecule has 8 nitrogen and oxygen atoms in total. The van der Waals surface area contributed by atoms with Crippen molar-refractivity contribution in [2.75, 3.05) is 6.61 Å². The van der Waals surface area contributed by atoms with Crippen molar-refractivity contribution in [3.8, 4) is 0 Å². The van der Waals surface area contributed by atoms with E-state index >= 15 is 0 Å². The monoisotopic (exact) mass is 358 g/mol. The normalized spacial score (nSPS) is 28.3. The first kappa shape index (κ1) is 19.1. The second-order valence-electron chi connectivity index (χ2n) is 7.60. The summed E-state index contributed by atoms with van der Waals surface area (Å²) in [4.78, 5) is 25.3. The first-order valence-corrected chi connectivity index (χ1v) is 10.8. The Hall–Kier alpha value is -1.26. The number of aromatic amines is 1. The molecule has 1 aliphatic heterocycles. The summed E-state index contributed by atoms with van der Waals surface area (Å²) in [6.45, 7) is 9.93. The van der Waals surface area contributed by atoms with E-state index in [-0.39, 0.29) is 11.6 Å². The van der Waals surface area contributed by atoms with Gasteiger partial charge in [-0.05, 0) is 18.1 Å². The van der Waals surface area contributed by atoms with Crippen molar-refractivity contribution in [3.63, 3.8) is 0 Å². The Bertz CT molecular complexity index is 692. The molecule has 0 amide bonds. The van der Waals surface area contributed by atoms with E-state index in [9.17, 15) is 19.8 Å². The predicted molar refractivity (Wildman–Crippen MR) is 90.4 cm³/mol. The minimum Gasteiger partial charge on any atom is -0.408 e. The molecule has 24 heavy (non-hydrogen) atoms. The number of rotatable bonds is 4. The third kappa shape index (κ3) is 3.54. The molecule has 0 aliphatic carbocycles. The number of hydrogen-bond donors (Lipinski definition) is 3. The van der Waals surface area contributed by atoms with Gasteiger partial charge in [0.15, 0.2) is 14.5 Å².